The molecule has 1 aromatic carbocycles. The Labute approximate surface area is 174 Å². The maximum absolute atomic E-state index is 11.7. The molecular weight excluding hydrogens is 393 g/mol. The number of hydrogen-bond acceptors (Lipinski definition) is 3. The monoisotopic (exact) mass is 419 g/mol. The van der Waals surface area contributed by atoms with Gasteiger partial charge < -0.3 is 15.3 Å². The van der Waals surface area contributed by atoms with Crippen molar-refractivity contribution in [2.24, 2.45) is 5.92 Å². The number of aromatic carboxylic acids is 1. The minimum absolute atomic E-state index is 0. The number of hydrogen-bond donors (Lipinski definition) is 3. The van der Waals surface area contributed by atoms with E-state index in [9.17, 15) is 20.1 Å². The fraction of sp³-hybridized carbons (Fsp3) is 0.450. The summed E-state index contributed by atoms with van der Waals surface area (Å²) in [5, 5.41) is 30.8. The van der Waals surface area contributed by atoms with Crippen molar-refractivity contribution >= 4 is 5.97 Å². The van der Waals surface area contributed by atoms with Gasteiger partial charge >= 0.3 is 5.97 Å². The van der Waals surface area contributed by atoms with E-state index in [1.54, 1.807) is 0 Å². The maximum Gasteiger partial charge on any atom is 0.339 e. The van der Waals surface area contributed by atoms with Crippen LogP contribution in [0.1, 0.15) is 67.4 Å². The van der Waals surface area contributed by atoms with Gasteiger partial charge in [-0.1, -0.05) is 37.1 Å². The summed E-state index contributed by atoms with van der Waals surface area (Å²) in [4.78, 5) is 11.7. The average molecular weight is 419 g/mol. The van der Waals surface area contributed by atoms with Crippen LogP contribution in [-0.2, 0) is 39.1 Å². The van der Waals surface area contributed by atoms with Crippen LogP contribution >= 0.6 is 0 Å². The average Bonchev–Trinajstić information content (AvgIpc) is 2.46. The Bertz CT molecular complexity index is 706. The standard InChI is InChI=1S/C20H26O4.Y/c1-5-6-13-10-16(21)18(19(22)17(13)20(23)24)15-9-12(4)7-8-14(15)11(2)3;/h9-10,14-15,21-22H,2,5-8H2,1,3-4H3,(H,23,24);. The molecule has 1 aliphatic rings. The molecule has 0 fully saturated rings. The molecule has 0 spiro atoms. The smallest absolute Gasteiger partial charge is 0.339 e. The first kappa shape index (κ1) is 21.9. The zero-order valence-electron chi connectivity index (χ0n) is 15.2. The molecule has 0 heterocycles. The molecule has 0 amide bonds. The zero-order chi connectivity index (χ0) is 18.0. The largest absolute Gasteiger partial charge is 0.507 e. The molecule has 0 aliphatic heterocycles. The van der Waals surface area contributed by atoms with E-state index in [-0.39, 0.29) is 61.6 Å². The fourth-order valence-corrected chi connectivity index (χ4v) is 3.66. The Morgan fingerprint density at radius 1 is 1.36 bits per heavy atom. The summed E-state index contributed by atoms with van der Waals surface area (Å²) < 4.78 is 0. The summed E-state index contributed by atoms with van der Waals surface area (Å²) >= 11 is 0. The van der Waals surface area contributed by atoms with E-state index < -0.39 is 5.97 Å². The van der Waals surface area contributed by atoms with Crippen LogP contribution in [0.5, 0.6) is 11.5 Å². The molecule has 2 atom stereocenters. The zero-order valence-corrected chi connectivity index (χ0v) is 18.0. The Kier molecular flexibility index (Phi) is 7.89. The van der Waals surface area contributed by atoms with Crippen LogP contribution in [0.15, 0.2) is 29.9 Å². The number of aromatic hydroxyl groups is 2. The van der Waals surface area contributed by atoms with Gasteiger partial charge in [-0.3, -0.25) is 0 Å². The van der Waals surface area contributed by atoms with Crippen molar-refractivity contribution in [3.05, 3.63) is 46.6 Å². The van der Waals surface area contributed by atoms with E-state index in [0.717, 1.165) is 24.8 Å². The summed E-state index contributed by atoms with van der Waals surface area (Å²) in [6, 6.07) is 1.50. The van der Waals surface area contributed by atoms with Gasteiger partial charge in [0, 0.05) is 44.2 Å². The molecule has 0 bridgehead atoms. The molecule has 1 radical (unpaired) electrons. The quantitative estimate of drug-likeness (QED) is 0.602. The topological polar surface area (TPSA) is 77.8 Å². The summed E-state index contributed by atoms with van der Waals surface area (Å²) in [7, 11) is 0. The SMILES string of the molecule is C=C(C)C1CCC(C)=CC1c1c(O)cc(CCC)c(C(=O)O)c1O.[Y]. The molecule has 25 heavy (non-hydrogen) atoms. The van der Waals surface area contributed by atoms with Crippen LogP contribution in [0.25, 0.3) is 0 Å². The number of benzene rings is 1. The van der Waals surface area contributed by atoms with E-state index >= 15 is 0 Å². The van der Waals surface area contributed by atoms with E-state index in [1.165, 1.54) is 11.6 Å². The number of carboxylic acid groups (broad SMARTS) is 1. The maximum atomic E-state index is 11.7. The molecular formula is C20H26O4Y. The predicted molar refractivity (Wildman–Crippen MR) is 94.8 cm³/mol. The normalized spacial score (nSPS) is 19.7. The van der Waals surface area contributed by atoms with Gasteiger partial charge in [-0.2, -0.15) is 0 Å². The summed E-state index contributed by atoms with van der Waals surface area (Å²) in [6.45, 7) is 9.91. The van der Waals surface area contributed by atoms with Gasteiger partial charge in [0.1, 0.15) is 17.1 Å². The van der Waals surface area contributed by atoms with Crippen LogP contribution in [-0.4, -0.2) is 21.3 Å². The number of phenolic OH excluding ortho intramolecular Hbond substituents is 1. The van der Waals surface area contributed by atoms with Gasteiger partial charge in [0.05, 0.1) is 0 Å². The van der Waals surface area contributed by atoms with E-state index in [1.807, 2.05) is 26.8 Å². The first-order valence-corrected chi connectivity index (χ1v) is 8.41. The van der Waals surface area contributed by atoms with Gasteiger partial charge in [-0.05, 0) is 50.7 Å². The van der Waals surface area contributed by atoms with Gasteiger partial charge in [0.15, 0.2) is 0 Å². The van der Waals surface area contributed by atoms with Crippen molar-refractivity contribution in [3.8, 4) is 11.5 Å². The number of carbonyl (C=O) groups is 1. The molecule has 133 valence electrons. The second-order valence-electron chi connectivity index (χ2n) is 6.78. The van der Waals surface area contributed by atoms with E-state index in [0.29, 0.717) is 17.5 Å². The first-order valence-electron chi connectivity index (χ1n) is 8.41. The summed E-state index contributed by atoms with van der Waals surface area (Å²) in [6.07, 6.45) is 5.06. The number of phenols is 2. The van der Waals surface area contributed by atoms with Gasteiger partial charge in [-0.25, -0.2) is 4.79 Å². The molecule has 0 saturated heterocycles. The number of carboxylic acids is 1. The second-order valence-corrected chi connectivity index (χ2v) is 6.78. The minimum Gasteiger partial charge on any atom is -0.507 e. The molecule has 1 aliphatic carbocycles. The molecule has 0 aromatic heterocycles. The Balaban J connectivity index is 0.00000312. The molecule has 1 aromatic rings. The fourth-order valence-electron chi connectivity index (χ4n) is 3.66. The van der Waals surface area contributed by atoms with E-state index in [2.05, 4.69) is 6.58 Å². The van der Waals surface area contributed by atoms with Crippen LogP contribution < -0.4 is 0 Å². The molecule has 0 saturated carbocycles. The van der Waals surface area contributed by atoms with Gasteiger partial charge in [-0.15, -0.1) is 0 Å². The summed E-state index contributed by atoms with van der Waals surface area (Å²) in [5.74, 6) is -1.70. The third-order valence-corrected chi connectivity index (χ3v) is 4.85. The van der Waals surface area contributed by atoms with Crippen LogP contribution in [0.3, 0.4) is 0 Å². The van der Waals surface area contributed by atoms with Crippen molar-refractivity contribution in [3.63, 3.8) is 0 Å². The third kappa shape index (κ3) is 4.54. The Morgan fingerprint density at radius 2 is 2.00 bits per heavy atom. The first-order chi connectivity index (χ1) is 11.3. The Hall–Kier alpha value is -1.13. The molecule has 4 nitrogen and oxygen atoms in total. The predicted octanol–water partition coefficient (Wildman–Crippen LogP) is 4.76. The number of rotatable bonds is 5. The molecule has 2 unspecified atom stereocenters. The molecule has 2 rings (SSSR count). The third-order valence-electron chi connectivity index (χ3n) is 4.85. The van der Waals surface area contributed by atoms with Crippen LogP contribution in [0.2, 0.25) is 0 Å². The van der Waals surface area contributed by atoms with Crippen molar-refractivity contribution in [1.82, 2.24) is 0 Å². The van der Waals surface area contributed by atoms with E-state index in [4.69, 9.17) is 0 Å². The van der Waals surface area contributed by atoms with Crippen molar-refractivity contribution in [2.75, 3.05) is 0 Å². The number of aryl methyl sites for hydroxylation is 1. The molecule has 5 heteroatoms. The molecule has 3 N–H and O–H groups in total. The number of allylic oxidation sites excluding steroid dienone is 3. The summed E-state index contributed by atoms with van der Waals surface area (Å²) in [5.41, 5.74) is 2.82. The Morgan fingerprint density at radius 3 is 2.52 bits per heavy atom. The van der Waals surface area contributed by atoms with Crippen LogP contribution in [0, 0.1) is 5.92 Å². The van der Waals surface area contributed by atoms with Crippen molar-refractivity contribution in [2.45, 2.75) is 52.4 Å². The second kappa shape index (κ2) is 9.00. The van der Waals surface area contributed by atoms with Crippen LogP contribution in [0.4, 0.5) is 0 Å². The minimum atomic E-state index is -1.17. The van der Waals surface area contributed by atoms with Crippen molar-refractivity contribution in [1.29, 1.82) is 0 Å². The van der Waals surface area contributed by atoms with Gasteiger partial charge in [0.25, 0.3) is 0 Å². The van der Waals surface area contributed by atoms with Gasteiger partial charge in [0.2, 0.25) is 0 Å². The van der Waals surface area contributed by atoms with Crippen molar-refractivity contribution < 1.29 is 52.8 Å².